The predicted molar refractivity (Wildman–Crippen MR) is 76.9 cm³/mol. The summed E-state index contributed by atoms with van der Waals surface area (Å²) in [6.45, 7) is 5.72. The van der Waals surface area contributed by atoms with Crippen molar-refractivity contribution in [3.63, 3.8) is 0 Å². The predicted octanol–water partition coefficient (Wildman–Crippen LogP) is 2.17. The second-order valence-electron chi connectivity index (χ2n) is 5.37. The van der Waals surface area contributed by atoms with Crippen LogP contribution in [0.2, 0.25) is 0 Å². The van der Waals surface area contributed by atoms with Crippen LogP contribution in [0.5, 0.6) is 0 Å². The third-order valence-corrected chi connectivity index (χ3v) is 3.84. The number of likely N-dealkylation sites (N-methyl/N-ethyl adjacent to an activating group) is 1. The molecule has 1 amide bonds. The van der Waals surface area contributed by atoms with E-state index in [0.29, 0.717) is 18.6 Å². The highest BCUT2D eigenvalue weighted by atomic mass is 16.2. The summed E-state index contributed by atoms with van der Waals surface area (Å²) in [5.41, 5.74) is 1.27. The highest BCUT2D eigenvalue weighted by molar-refractivity contribution is 5.76. The molecule has 4 heteroatoms. The van der Waals surface area contributed by atoms with Crippen LogP contribution in [-0.4, -0.2) is 35.0 Å². The first-order chi connectivity index (χ1) is 9.15. The lowest BCUT2D eigenvalue weighted by molar-refractivity contribution is -0.131. The van der Waals surface area contributed by atoms with Crippen molar-refractivity contribution in [1.82, 2.24) is 14.8 Å². The number of nitrogens with one attached hydrogen (secondary N) is 1. The highest BCUT2D eigenvalue weighted by Gasteiger charge is 2.29. The molecule has 0 spiro atoms. The van der Waals surface area contributed by atoms with Gasteiger partial charge in [-0.1, -0.05) is 13.8 Å². The number of amides is 1. The third-order valence-electron chi connectivity index (χ3n) is 3.84. The van der Waals surface area contributed by atoms with Crippen LogP contribution in [0.25, 0.3) is 0 Å². The zero-order valence-electron chi connectivity index (χ0n) is 12.2. The fourth-order valence-electron chi connectivity index (χ4n) is 2.44. The normalized spacial score (nSPS) is 16.4. The molecular weight excluding hydrogens is 238 g/mol. The first-order valence-corrected chi connectivity index (χ1v) is 7.30. The molecule has 1 aliphatic rings. The lowest BCUT2D eigenvalue weighted by atomic mass is 10.1. The Morgan fingerprint density at radius 3 is 2.84 bits per heavy atom. The van der Waals surface area contributed by atoms with Gasteiger partial charge in [0.25, 0.3) is 0 Å². The van der Waals surface area contributed by atoms with Gasteiger partial charge >= 0.3 is 0 Å². The number of hydrogen-bond donors (Lipinski definition) is 1. The smallest absolute Gasteiger partial charge is 0.242 e. The van der Waals surface area contributed by atoms with Gasteiger partial charge in [0.05, 0.1) is 0 Å². The summed E-state index contributed by atoms with van der Waals surface area (Å²) >= 11 is 0. The van der Waals surface area contributed by atoms with Crippen LogP contribution in [-0.2, 0) is 11.3 Å². The van der Waals surface area contributed by atoms with E-state index in [1.165, 1.54) is 5.56 Å². The lowest BCUT2D eigenvalue weighted by Crippen LogP contribution is -2.31. The van der Waals surface area contributed by atoms with Crippen molar-refractivity contribution in [2.75, 3.05) is 13.6 Å². The van der Waals surface area contributed by atoms with Crippen LogP contribution < -0.4 is 5.32 Å². The van der Waals surface area contributed by atoms with Crippen molar-refractivity contribution in [3.05, 3.63) is 24.0 Å². The van der Waals surface area contributed by atoms with Gasteiger partial charge in [0.1, 0.15) is 6.54 Å². The van der Waals surface area contributed by atoms with Crippen molar-refractivity contribution < 1.29 is 4.79 Å². The second kappa shape index (κ2) is 6.24. The van der Waals surface area contributed by atoms with Crippen molar-refractivity contribution >= 4 is 5.91 Å². The SMILES string of the molecule is CCNC(CC)c1ccn(CC(=O)N(C)C2CC2)c1. The van der Waals surface area contributed by atoms with Crippen LogP contribution in [0.1, 0.15) is 44.7 Å². The van der Waals surface area contributed by atoms with Gasteiger partial charge in [0.15, 0.2) is 0 Å². The van der Waals surface area contributed by atoms with E-state index in [9.17, 15) is 4.79 Å². The molecule has 106 valence electrons. The summed E-state index contributed by atoms with van der Waals surface area (Å²) < 4.78 is 2.00. The van der Waals surface area contributed by atoms with Crippen molar-refractivity contribution in [1.29, 1.82) is 0 Å². The number of carbonyl (C=O) groups is 1. The number of rotatable bonds is 7. The molecule has 0 aromatic carbocycles. The Balaban J connectivity index is 1.94. The van der Waals surface area contributed by atoms with E-state index in [0.717, 1.165) is 25.8 Å². The monoisotopic (exact) mass is 263 g/mol. The van der Waals surface area contributed by atoms with Gasteiger partial charge < -0.3 is 14.8 Å². The van der Waals surface area contributed by atoms with Crippen LogP contribution in [0, 0.1) is 0 Å². The Bertz CT molecular complexity index is 423. The molecule has 2 rings (SSSR count). The molecule has 0 saturated heterocycles. The van der Waals surface area contributed by atoms with Gasteiger partial charge in [0.2, 0.25) is 5.91 Å². The van der Waals surface area contributed by atoms with Gasteiger partial charge in [-0.05, 0) is 37.4 Å². The van der Waals surface area contributed by atoms with E-state index < -0.39 is 0 Å². The highest BCUT2D eigenvalue weighted by Crippen LogP contribution is 2.25. The maximum atomic E-state index is 12.1. The Labute approximate surface area is 115 Å². The zero-order chi connectivity index (χ0) is 13.8. The Morgan fingerprint density at radius 2 is 2.26 bits per heavy atom. The van der Waals surface area contributed by atoms with Crippen molar-refractivity contribution in [3.8, 4) is 0 Å². The molecule has 0 aliphatic heterocycles. The van der Waals surface area contributed by atoms with E-state index in [2.05, 4.69) is 31.4 Å². The molecule has 1 heterocycles. The lowest BCUT2D eigenvalue weighted by Gasteiger charge is -2.17. The minimum atomic E-state index is 0.209. The van der Waals surface area contributed by atoms with Gasteiger partial charge in [-0.2, -0.15) is 0 Å². The average molecular weight is 263 g/mol. The maximum Gasteiger partial charge on any atom is 0.242 e. The standard InChI is InChI=1S/C15H25N3O/c1-4-14(16-5-2)12-8-9-18(10-12)11-15(19)17(3)13-6-7-13/h8-10,13-14,16H,4-7,11H2,1-3H3. The maximum absolute atomic E-state index is 12.1. The van der Waals surface area contributed by atoms with Crippen molar-refractivity contribution in [2.45, 2.75) is 51.7 Å². The topological polar surface area (TPSA) is 37.3 Å². The van der Waals surface area contributed by atoms with Gasteiger partial charge in [-0.15, -0.1) is 0 Å². The van der Waals surface area contributed by atoms with Crippen LogP contribution >= 0.6 is 0 Å². The van der Waals surface area contributed by atoms with Gasteiger partial charge in [0, 0.05) is 31.5 Å². The molecule has 1 unspecified atom stereocenters. The molecule has 1 aromatic heterocycles. The Kier molecular flexibility index (Phi) is 4.64. The minimum Gasteiger partial charge on any atom is -0.345 e. The van der Waals surface area contributed by atoms with E-state index >= 15 is 0 Å². The minimum absolute atomic E-state index is 0.209. The van der Waals surface area contributed by atoms with Crippen LogP contribution in [0.4, 0.5) is 0 Å². The zero-order valence-corrected chi connectivity index (χ0v) is 12.2. The largest absolute Gasteiger partial charge is 0.345 e. The Hall–Kier alpha value is -1.29. The molecule has 0 bridgehead atoms. The molecule has 1 N–H and O–H groups in total. The molecule has 4 nitrogen and oxygen atoms in total. The third kappa shape index (κ3) is 3.60. The molecule has 1 aliphatic carbocycles. The molecule has 1 saturated carbocycles. The molecule has 0 radical (unpaired) electrons. The summed E-state index contributed by atoms with van der Waals surface area (Å²) in [7, 11) is 1.91. The van der Waals surface area contributed by atoms with Gasteiger partial charge in [-0.3, -0.25) is 4.79 Å². The summed E-state index contributed by atoms with van der Waals surface area (Å²) in [4.78, 5) is 13.9. The summed E-state index contributed by atoms with van der Waals surface area (Å²) in [6.07, 6.45) is 7.49. The van der Waals surface area contributed by atoms with Crippen LogP contribution in [0.3, 0.4) is 0 Å². The fraction of sp³-hybridized carbons (Fsp3) is 0.667. The summed E-state index contributed by atoms with van der Waals surface area (Å²) in [5, 5.41) is 3.46. The van der Waals surface area contributed by atoms with Crippen LogP contribution in [0.15, 0.2) is 18.5 Å². The van der Waals surface area contributed by atoms with E-state index in [4.69, 9.17) is 0 Å². The molecule has 19 heavy (non-hydrogen) atoms. The Morgan fingerprint density at radius 1 is 1.53 bits per heavy atom. The number of hydrogen-bond acceptors (Lipinski definition) is 2. The number of aromatic nitrogens is 1. The molecule has 1 aromatic rings. The van der Waals surface area contributed by atoms with Gasteiger partial charge in [-0.25, -0.2) is 0 Å². The first kappa shape index (κ1) is 14.1. The summed E-state index contributed by atoms with van der Waals surface area (Å²) in [6, 6.07) is 3.00. The van der Waals surface area contributed by atoms with E-state index in [-0.39, 0.29) is 5.91 Å². The summed E-state index contributed by atoms with van der Waals surface area (Å²) in [5.74, 6) is 0.209. The first-order valence-electron chi connectivity index (χ1n) is 7.30. The molecular formula is C15H25N3O. The molecule has 1 atom stereocenters. The van der Waals surface area contributed by atoms with Crippen molar-refractivity contribution in [2.24, 2.45) is 0 Å². The second-order valence-corrected chi connectivity index (χ2v) is 5.37. The van der Waals surface area contributed by atoms with E-state index in [1.54, 1.807) is 0 Å². The van der Waals surface area contributed by atoms with E-state index in [1.807, 2.05) is 22.7 Å². The average Bonchev–Trinajstić information content (AvgIpc) is 3.16. The number of nitrogens with zero attached hydrogens (tertiary/aromatic N) is 2. The number of carbonyl (C=O) groups excluding carboxylic acids is 1. The fourth-order valence-corrected chi connectivity index (χ4v) is 2.44. The molecule has 1 fully saturated rings. The quantitative estimate of drug-likeness (QED) is 0.818.